The Bertz CT molecular complexity index is 554. The monoisotopic (exact) mass is 237 g/mol. The number of hydrogen-bond donors (Lipinski definition) is 0. The SMILES string of the molecule is O=c1ccoc2cc(N3CCOCC3)sc12. The molecular weight excluding hydrogens is 226 g/mol. The largest absolute Gasteiger partial charge is 0.463 e. The number of fused-ring (bicyclic) bond motifs is 1. The molecule has 3 heterocycles. The van der Waals surface area contributed by atoms with Crippen molar-refractivity contribution in [1.29, 1.82) is 0 Å². The van der Waals surface area contributed by atoms with E-state index in [0.29, 0.717) is 10.3 Å². The highest BCUT2D eigenvalue weighted by Crippen LogP contribution is 2.30. The lowest BCUT2D eigenvalue weighted by Gasteiger charge is -2.26. The molecule has 0 N–H and O–H groups in total. The summed E-state index contributed by atoms with van der Waals surface area (Å²) >= 11 is 1.49. The van der Waals surface area contributed by atoms with Gasteiger partial charge >= 0.3 is 0 Å². The van der Waals surface area contributed by atoms with Crippen molar-refractivity contribution in [2.75, 3.05) is 31.2 Å². The Balaban J connectivity index is 2.04. The van der Waals surface area contributed by atoms with E-state index in [0.717, 1.165) is 31.3 Å². The van der Waals surface area contributed by atoms with Crippen molar-refractivity contribution >= 4 is 26.6 Å². The molecule has 84 valence electrons. The molecule has 2 aromatic heterocycles. The first kappa shape index (κ1) is 9.86. The standard InChI is InChI=1S/C11H11NO3S/c13-8-1-4-15-9-7-10(16-11(8)9)12-2-5-14-6-3-12/h1,4,7H,2-3,5-6H2. The van der Waals surface area contributed by atoms with Crippen LogP contribution in [-0.4, -0.2) is 26.3 Å². The van der Waals surface area contributed by atoms with Crippen molar-refractivity contribution < 1.29 is 9.15 Å². The third-order valence-electron chi connectivity index (χ3n) is 2.65. The Kier molecular flexibility index (Phi) is 2.41. The maximum atomic E-state index is 11.6. The zero-order valence-electron chi connectivity index (χ0n) is 8.64. The summed E-state index contributed by atoms with van der Waals surface area (Å²) in [6.07, 6.45) is 1.44. The van der Waals surface area contributed by atoms with E-state index >= 15 is 0 Å². The molecule has 1 fully saturated rings. The number of morpholine rings is 1. The van der Waals surface area contributed by atoms with Crippen molar-refractivity contribution in [3.63, 3.8) is 0 Å². The molecule has 5 heteroatoms. The van der Waals surface area contributed by atoms with Crippen LogP contribution in [0.2, 0.25) is 0 Å². The third kappa shape index (κ3) is 1.62. The first-order valence-corrected chi connectivity index (χ1v) is 6.00. The lowest BCUT2D eigenvalue weighted by Crippen LogP contribution is -2.35. The summed E-state index contributed by atoms with van der Waals surface area (Å²) in [5, 5.41) is 1.09. The van der Waals surface area contributed by atoms with E-state index in [1.807, 2.05) is 6.07 Å². The Morgan fingerprint density at radius 1 is 1.31 bits per heavy atom. The second-order valence-corrected chi connectivity index (χ2v) is 4.69. The Hall–Kier alpha value is -1.33. The number of rotatable bonds is 1. The van der Waals surface area contributed by atoms with Crippen LogP contribution in [0.5, 0.6) is 0 Å². The quantitative estimate of drug-likeness (QED) is 0.757. The van der Waals surface area contributed by atoms with Crippen LogP contribution in [0.25, 0.3) is 10.3 Å². The van der Waals surface area contributed by atoms with Gasteiger partial charge in [-0.05, 0) is 0 Å². The summed E-state index contributed by atoms with van der Waals surface area (Å²) in [6, 6.07) is 3.40. The maximum Gasteiger partial charge on any atom is 0.202 e. The van der Waals surface area contributed by atoms with Gasteiger partial charge in [0.2, 0.25) is 5.43 Å². The normalized spacial score (nSPS) is 16.9. The van der Waals surface area contributed by atoms with Gasteiger partial charge in [0.05, 0.1) is 24.5 Å². The fraction of sp³-hybridized carbons (Fsp3) is 0.364. The molecular formula is C11H11NO3S. The van der Waals surface area contributed by atoms with Gasteiger partial charge in [-0.2, -0.15) is 0 Å². The van der Waals surface area contributed by atoms with Crippen molar-refractivity contribution in [3.8, 4) is 0 Å². The zero-order valence-corrected chi connectivity index (χ0v) is 9.46. The lowest BCUT2D eigenvalue weighted by atomic mass is 10.4. The molecule has 0 bridgehead atoms. The van der Waals surface area contributed by atoms with Crippen LogP contribution < -0.4 is 10.3 Å². The summed E-state index contributed by atoms with van der Waals surface area (Å²) in [5.74, 6) is 0. The van der Waals surface area contributed by atoms with Crippen LogP contribution >= 0.6 is 11.3 Å². The van der Waals surface area contributed by atoms with Crippen LogP contribution in [0.15, 0.2) is 27.6 Å². The second kappa shape index (κ2) is 3.92. The van der Waals surface area contributed by atoms with Gasteiger partial charge in [0, 0.05) is 25.2 Å². The smallest absolute Gasteiger partial charge is 0.202 e. The number of thiophene rings is 1. The molecule has 3 rings (SSSR count). The van der Waals surface area contributed by atoms with E-state index in [1.165, 1.54) is 23.7 Å². The summed E-state index contributed by atoms with van der Waals surface area (Å²) in [5.41, 5.74) is 0.713. The van der Waals surface area contributed by atoms with Gasteiger partial charge in [0.1, 0.15) is 4.70 Å². The highest BCUT2D eigenvalue weighted by atomic mass is 32.1. The fourth-order valence-corrected chi connectivity index (χ4v) is 2.87. The Labute approximate surface area is 96.0 Å². The number of ether oxygens (including phenoxy) is 1. The lowest BCUT2D eigenvalue weighted by molar-refractivity contribution is 0.123. The molecule has 0 saturated carbocycles. The molecule has 0 aliphatic carbocycles. The summed E-state index contributed by atoms with van der Waals surface area (Å²) in [4.78, 5) is 13.8. The first-order chi connectivity index (χ1) is 7.84. The van der Waals surface area contributed by atoms with E-state index in [1.54, 1.807) is 0 Å². The predicted octanol–water partition coefficient (Wildman–Crippen LogP) is 1.69. The molecule has 0 amide bonds. The average molecular weight is 237 g/mol. The molecule has 0 aromatic carbocycles. The van der Waals surface area contributed by atoms with Gasteiger partial charge < -0.3 is 14.1 Å². The van der Waals surface area contributed by atoms with Gasteiger partial charge in [-0.3, -0.25) is 4.79 Å². The minimum atomic E-state index is 0.0331. The summed E-state index contributed by atoms with van der Waals surface area (Å²) < 4.78 is 11.3. The van der Waals surface area contributed by atoms with Crippen LogP contribution in [0.1, 0.15) is 0 Å². The van der Waals surface area contributed by atoms with Crippen molar-refractivity contribution in [2.24, 2.45) is 0 Å². The second-order valence-electron chi connectivity index (χ2n) is 3.66. The van der Waals surface area contributed by atoms with Crippen LogP contribution in [-0.2, 0) is 4.74 Å². The minimum absolute atomic E-state index is 0.0331. The molecule has 0 atom stereocenters. The summed E-state index contributed by atoms with van der Waals surface area (Å²) in [7, 11) is 0. The highest BCUT2D eigenvalue weighted by molar-refractivity contribution is 7.22. The van der Waals surface area contributed by atoms with E-state index in [2.05, 4.69) is 4.90 Å². The van der Waals surface area contributed by atoms with Crippen LogP contribution in [0.3, 0.4) is 0 Å². The Morgan fingerprint density at radius 3 is 2.88 bits per heavy atom. The highest BCUT2D eigenvalue weighted by Gasteiger charge is 2.15. The minimum Gasteiger partial charge on any atom is -0.463 e. The molecule has 1 aliphatic rings. The summed E-state index contributed by atoms with van der Waals surface area (Å²) in [6.45, 7) is 3.24. The van der Waals surface area contributed by atoms with Crippen molar-refractivity contribution in [3.05, 3.63) is 28.6 Å². The van der Waals surface area contributed by atoms with E-state index in [4.69, 9.17) is 9.15 Å². The van der Waals surface area contributed by atoms with Crippen molar-refractivity contribution in [2.45, 2.75) is 0 Å². The topological polar surface area (TPSA) is 42.7 Å². The molecule has 4 nitrogen and oxygen atoms in total. The van der Waals surface area contributed by atoms with Crippen LogP contribution in [0, 0.1) is 0 Å². The molecule has 0 spiro atoms. The van der Waals surface area contributed by atoms with E-state index in [-0.39, 0.29) is 5.43 Å². The van der Waals surface area contributed by atoms with Gasteiger partial charge in [0.15, 0.2) is 5.58 Å². The van der Waals surface area contributed by atoms with Gasteiger partial charge in [-0.15, -0.1) is 11.3 Å². The number of hydrogen-bond acceptors (Lipinski definition) is 5. The predicted molar refractivity (Wildman–Crippen MR) is 63.4 cm³/mol. The van der Waals surface area contributed by atoms with Crippen molar-refractivity contribution in [1.82, 2.24) is 0 Å². The van der Waals surface area contributed by atoms with Crippen LogP contribution in [0.4, 0.5) is 5.00 Å². The molecule has 2 aromatic rings. The maximum absolute atomic E-state index is 11.6. The van der Waals surface area contributed by atoms with E-state index < -0.39 is 0 Å². The number of anilines is 1. The molecule has 1 saturated heterocycles. The van der Waals surface area contributed by atoms with Gasteiger partial charge in [-0.25, -0.2) is 0 Å². The van der Waals surface area contributed by atoms with Gasteiger partial charge in [0.25, 0.3) is 0 Å². The van der Waals surface area contributed by atoms with Gasteiger partial charge in [-0.1, -0.05) is 0 Å². The fourth-order valence-electron chi connectivity index (χ4n) is 1.81. The zero-order chi connectivity index (χ0) is 11.0. The third-order valence-corrected chi connectivity index (χ3v) is 3.84. The molecule has 1 aliphatic heterocycles. The molecule has 16 heavy (non-hydrogen) atoms. The van der Waals surface area contributed by atoms with E-state index in [9.17, 15) is 4.79 Å². The Morgan fingerprint density at radius 2 is 2.12 bits per heavy atom. The average Bonchev–Trinajstić information content (AvgIpc) is 2.76. The first-order valence-electron chi connectivity index (χ1n) is 5.18. The number of nitrogens with zero attached hydrogens (tertiary/aromatic N) is 1. The molecule has 0 unspecified atom stereocenters. The molecule has 0 radical (unpaired) electrons.